The van der Waals surface area contributed by atoms with Gasteiger partial charge in [0, 0.05) is 6.42 Å². The molecule has 7 nitrogen and oxygen atoms in total. The van der Waals surface area contributed by atoms with Crippen LogP contribution in [0.3, 0.4) is 0 Å². The SMILES string of the molecule is C#CCOC1CCC(c2cccc3c2C(=O)N(C2CCC(=O)NC2=O)C3=O)C1. The van der Waals surface area contributed by atoms with Gasteiger partial charge in [-0.1, -0.05) is 18.1 Å². The molecule has 0 aromatic heterocycles. The number of benzene rings is 1. The second-order valence-electron chi connectivity index (χ2n) is 7.36. The lowest BCUT2D eigenvalue weighted by Crippen LogP contribution is -2.54. The Morgan fingerprint density at radius 3 is 2.71 bits per heavy atom. The van der Waals surface area contributed by atoms with Crippen molar-refractivity contribution in [3.05, 3.63) is 34.9 Å². The summed E-state index contributed by atoms with van der Waals surface area (Å²) in [6.45, 7) is 0.255. The van der Waals surface area contributed by atoms with Crippen LogP contribution in [0.4, 0.5) is 0 Å². The molecule has 1 aliphatic carbocycles. The highest BCUT2D eigenvalue weighted by molar-refractivity contribution is 6.24. The van der Waals surface area contributed by atoms with E-state index in [1.807, 2.05) is 6.07 Å². The van der Waals surface area contributed by atoms with Crippen LogP contribution in [-0.4, -0.2) is 47.3 Å². The number of nitrogens with zero attached hydrogens (tertiary/aromatic N) is 1. The summed E-state index contributed by atoms with van der Waals surface area (Å²) in [7, 11) is 0. The Kier molecular flexibility index (Phi) is 4.73. The van der Waals surface area contributed by atoms with Crippen molar-refractivity contribution in [1.29, 1.82) is 0 Å². The Morgan fingerprint density at radius 2 is 1.96 bits per heavy atom. The Balaban J connectivity index is 1.61. The van der Waals surface area contributed by atoms with Crippen molar-refractivity contribution in [2.24, 2.45) is 0 Å². The van der Waals surface area contributed by atoms with E-state index in [1.54, 1.807) is 12.1 Å². The average Bonchev–Trinajstić information content (AvgIpc) is 3.24. The van der Waals surface area contributed by atoms with Crippen LogP contribution in [0.1, 0.15) is 64.3 Å². The van der Waals surface area contributed by atoms with Crippen LogP contribution < -0.4 is 5.32 Å². The third-order valence-corrected chi connectivity index (χ3v) is 5.73. The van der Waals surface area contributed by atoms with E-state index in [9.17, 15) is 19.2 Å². The summed E-state index contributed by atoms with van der Waals surface area (Å²) in [5, 5.41) is 2.21. The monoisotopic (exact) mass is 380 g/mol. The van der Waals surface area contributed by atoms with Gasteiger partial charge in [-0.05, 0) is 43.2 Å². The molecule has 1 saturated heterocycles. The molecule has 3 atom stereocenters. The van der Waals surface area contributed by atoms with E-state index in [-0.39, 0.29) is 37.4 Å². The predicted molar refractivity (Wildman–Crippen MR) is 98.3 cm³/mol. The summed E-state index contributed by atoms with van der Waals surface area (Å²) < 4.78 is 5.63. The molecule has 1 saturated carbocycles. The largest absolute Gasteiger partial charge is 0.366 e. The summed E-state index contributed by atoms with van der Waals surface area (Å²) in [5.41, 5.74) is 1.51. The lowest BCUT2D eigenvalue weighted by atomic mass is 9.90. The standard InChI is InChI=1S/C21H20N2O5/c1-2-10-28-13-7-6-12(11-13)14-4-3-5-15-18(14)21(27)23(20(15)26)16-8-9-17(24)22-19(16)25/h1,3-5,12-13,16H,6-11H2,(H,22,24,25). The van der Waals surface area contributed by atoms with Crippen molar-refractivity contribution >= 4 is 23.6 Å². The normalized spacial score (nSPS) is 27.0. The molecular weight excluding hydrogens is 360 g/mol. The number of ether oxygens (including phenoxy) is 1. The number of fused-ring (bicyclic) bond motifs is 1. The number of terminal acetylenes is 1. The smallest absolute Gasteiger partial charge is 0.262 e. The molecule has 28 heavy (non-hydrogen) atoms. The number of carbonyl (C=O) groups excluding carboxylic acids is 4. The molecule has 0 radical (unpaired) electrons. The van der Waals surface area contributed by atoms with Gasteiger partial charge in [-0.2, -0.15) is 0 Å². The number of piperidine rings is 1. The zero-order valence-corrected chi connectivity index (χ0v) is 15.3. The molecule has 3 unspecified atom stereocenters. The number of amides is 4. The van der Waals surface area contributed by atoms with E-state index in [1.165, 1.54) is 0 Å². The minimum Gasteiger partial charge on any atom is -0.366 e. The van der Waals surface area contributed by atoms with Crippen LogP contribution in [0.15, 0.2) is 18.2 Å². The molecule has 3 aliphatic rings. The lowest BCUT2D eigenvalue weighted by Gasteiger charge is -2.28. The number of hydrogen-bond acceptors (Lipinski definition) is 5. The highest BCUT2D eigenvalue weighted by atomic mass is 16.5. The third kappa shape index (κ3) is 3.00. The molecule has 2 heterocycles. The van der Waals surface area contributed by atoms with Gasteiger partial charge in [0.05, 0.1) is 17.2 Å². The first-order valence-corrected chi connectivity index (χ1v) is 9.40. The Labute approximate surface area is 162 Å². The molecule has 144 valence electrons. The van der Waals surface area contributed by atoms with Gasteiger partial charge in [0.25, 0.3) is 11.8 Å². The summed E-state index contributed by atoms with van der Waals surface area (Å²) >= 11 is 0. The number of carbonyl (C=O) groups is 4. The second kappa shape index (κ2) is 7.21. The zero-order chi connectivity index (χ0) is 19.8. The van der Waals surface area contributed by atoms with E-state index in [0.717, 1.165) is 29.7 Å². The van der Waals surface area contributed by atoms with Gasteiger partial charge in [0.1, 0.15) is 12.6 Å². The highest BCUT2D eigenvalue weighted by Gasteiger charge is 2.46. The second-order valence-corrected chi connectivity index (χ2v) is 7.36. The molecule has 1 N–H and O–H groups in total. The zero-order valence-electron chi connectivity index (χ0n) is 15.3. The molecule has 1 aromatic carbocycles. The first-order valence-electron chi connectivity index (χ1n) is 9.40. The minimum atomic E-state index is -0.951. The minimum absolute atomic E-state index is 0.0374. The summed E-state index contributed by atoms with van der Waals surface area (Å²) in [5.74, 6) is 0.632. The summed E-state index contributed by atoms with van der Waals surface area (Å²) in [6.07, 6.45) is 7.96. The molecule has 7 heteroatoms. The van der Waals surface area contributed by atoms with Crippen molar-refractivity contribution in [2.45, 2.75) is 50.2 Å². The molecule has 2 aliphatic heterocycles. The third-order valence-electron chi connectivity index (χ3n) is 5.73. The van der Waals surface area contributed by atoms with Crippen LogP contribution >= 0.6 is 0 Å². The summed E-state index contributed by atoms with van der Waals surface area (Å²) in [6, 6.07) is 4.30. The topological polar surface area (TPSA) is 92.8 Å². The van der Waals surface area contributed by atoms with Gasteiger partial charge in [0.2, 0.25) is 11.8 Å². The van der Waals surface area contributed by atoms with Gasteiger partial charge in [-0.3, -0.25) is 29.4 Å². The quantitative estimate of drug-likeness (QED) is 0.629. The average molecular weight is 380 g/mol. The highest BCUT2D eigenvalue weighted by Crippen LogP contribution is 2.41. The lowest BCUT2D eigenvalue weighted by molar-refractivity contribution is -0.136. The van der Waals surface area contributed by atoms with Gasteiger partial charge in [-0.15, -0.1) is 6.42 Å². The molecular formula is C21H20N2O5. The molecule has 4 amide bonds. The molecule has 0 spiro atoms. The number of hydrogen-bond donors (Lipinski definition) is 1. The predicted octanol–water partition coefficient (Wildman–Crippen LogP) is 1.37. The van der Waals surface area contributed by atoms with Crippen molar-refractivity contribution in [1.82, 2.24) is 10.2 Å². The van der Waals surface area contributed by atoms with Crippen LogP contribution in [0.5, 0.6) is 0 Å². The first kappa shape index (κ1) is 18.4. The van der Waals surface area contributed by atoms with Crippen LogP contribution in [-0.2, 0) is 14.3 Å². The van der Waals surface area contributed by atoms with Crippen LogP contribution in [0.2, 0.25) is 0 Å². The molecule has 2 fully saturated rings. The Bertz CT molecular complexity index is 916. The first-order chi connectivity index (χ1) is 13.5. The van der Waals surface area contributed by atoms with Crippen LogP contribution in [0.25, 0.3) is 0 Å². The maximum absolute atomic E-state index is 13.1. The molecule has 4 rings (SSSR count). The number of nitrogens with one attached hydrogen (secondary N) is 1. The van der Waals surface area contributed by atoms with E-state index in [0.29, 0.717) is 11.1 Å². The van der Waals surface area contributed by atoms with Gasteiger partial charge in [-0.25, -0.2) is 0 Å². The maximum atomic E-state index is 13.1. The number of imide groups is 2. The van der Waals surface area contributed by atoms with Crippen molar-refractivity contribution in [3.8, 4) is 12.3 Å². The van der Waals surface area contributed by atoms with Gasteiger partial charge in [0.15, 0.2) is 0 Å². The van der Waals surface area contributed by atoms with Crippen molar-refractivity contribution in [3.63, 3.8) is 0 Å². The van der Waals surface area contributed by atoms with Crippen molar-refractivity contribution in [2.75, 3.05) is 6.61 Å². The van der Waals surface area contributed by atoms with E-state index in [4.69, 9.17) is 11.2 Å². The van der Waals surface area contributed by atoms with Crippen LogP contribution in [0, 0.1) is 12.3 Å². The van der Waals surface area contributed by atoms with E-state index < -0.39 is 23.8 Å². The van der Waals surface area contributed by atoms with Gasteiger partial charge < -0.3 is 4.74 Å². The fourth-order valence-electron chi connectivity index (χ4n) is 4.42. The fraction of sp³-hybridized carbons (Fsp3) is 0.429. The fourth-order valence-corrected chi connectivity index (χ4v) is 4.42. The Hall–Kier alpha value is -2.98. The van der Waals surface area contributed by atoms with E-state index in [2.05, 4.69) is 11.2 Å². The maximum Gasteiger partial charge on any atom is 0.262 e. The van der Waals surface area contributed by atoms with Gasteiger partial charge >= 0.3 is 0 Å². The number of rotatable bonds is 4. The van der Waals surface area contributed by atoms with Crippen molar-refractivity contribution < 1.29 is 23.9 Å². The summed E-state index contributed by atoms with van der Waals surface area (Å²) in [4.78, 5) is 50.7. The molecule has 1 aromatic rings. The Morgan fingerprint density at radius 1 is 1.14 bits per heavy atom. The van der Waals surface area contributed by atoms with E-state index >= 15 is 0 Å². The molecule has 0 bridgehead atoms.